The molecule has 0 bridgehead atoms. The zero-order valence-electron chi connectivity index (χ0n) is 62.2. The van der Waals surface area contributed by atoms with Gasteiger partial charge >= 0.3 is 5.97 Å². The van der Waals surface area contributed by atoms with Crippen molar-refractivity contribution in [3.63, 3.8) is 0 Å². The first-order valence-electron chi connectivity index (χ1n) is 35.8. The van der Waals surface area contributed by atoms with Crippen LogP contribution in [0.1, 0.15) is 104 Å². The van der Waals surface area contributed by atoms with Gasteiger partial charge in [-0.05, 0) is 134 Å². The number of likely N-dealkylation sites (tertiary alicyclic amines) is 1. The van der Waals surface area contributed by atoms with E-state index in [0.717, 1.165) is 6.92 Å². The van der Waals surface area contributed by atoms with Crippen LogP contribution < -0.4 is 64.2 Å². The van der Waals surface area contributed by atoms with Crippen LogP contribution in [0.2, 0.25) is 0 Å². The standard InChI is InChI=1S/C73H106N14O19S2/c1-38(2)29-48(74)62(94)79-53(31-42-16-20-45(91)21-17-42)65(97)84-57(37-89)69(101)86-61(41(7)90)71(103)78-51(25-28-108-9)64(96)82-55(32-43-18-22-46(92)23-19-43)72(104)87-26-12-15-58(87)70(102)76-35-59(93)77-50(24-27-107-8)63(95)83-56(36-88)68(100)81-54(33-44-34-75-49-14-11-10-13-47(44)49)66(98)80-52(30-39(3)4)67(99)85-60(40(5)6)73(105)106/h10-11,13-14,16-23,34,38-41,48,50-58,60-61,75,88-92H,12,15,24-33,35-37,74H2,1-9H3,(H,76,102)(H,77,93)(H,78,103)(H,79,94)(H,80,98)(H,81,100)(H,82,96)(H,83,95)(H,84,97)(H,85,99)(H,86,101)(H,105,106)/t41-,48+,50+,51+,52+,53+,54+,55+,56+,57+,58+,60+,61+/m1/s1. The van der Waals surface area contributed by atoms with E-state index in [-0.39, 0.29) is 99.2 Å². The molecule has 3 aromatic carbocycles. The predicted molar refractivity (Wildman–Crippen MR) is 404 cm³/mol. The minimum Gasteiger partial charge on any atom is -0.508 e. The summed E-state index contributed by atoms with van der Waals surface area (Å²) in [6.45, 7) is 8.89. The molecule has 0 unspecified atom stereocenters. The smallest absolute Gasteiger partial charge is 0.326 e. The first-order chi connectivity index (χ1) is 51.2. The summed E-state index contributed by atoms with van der Waals surface area (Å²) in [5.74, 6) is -12.4. The van der Waals surface area contributed by atoms with Crippen LogP contribution in [0, 0.1) is 17.8 Å². The molecular weight excluding hydrogens is 1440 g/mol. The number of benzene rings is 3. The average Bonchev–Trinajstić information content (AvgIpc) is 1.64. The number of aliphatic hydroxyl groups excluding tert-OH is 3. The highest BCUT2D eigenvalue weighted by Crippen LogP contribution is 2.23. The fraction of sp³-hybridized carbons (Fsp3) is 0.548. The minimum atomic E-state index is -1.83. The van der Waals surface area contributed by atoms with Crippen molar-refractivity contribution in [1.29, 1.82) is 0 Å². The maximum Gasteiger partial charge on any atom is 0.326 e. The van der Waals surface area contributed by atoms with E-state index in [1.807, 2.05) is 13.8 Å². The Morgan fingerprint density at radius 3 is 1.49 bits per heavy atom. The van der Waals surface area contributed by atoms with Crippen LogP contribution >= 0.6 is 23.5 Å². The molecule has 13 atom stereocenters. The summed E-state index contributed by atoms with van der Waals surface area (Å²) in [7, 11) is 0. The molecule has 1 saturated heterocycles. The molecule has 1 aromatic heterocycles. The number of phenolic OH excluding ortho intramolecular Hbond substituents is 2. The van der Waals surface area contributed by atoms with Gasteiger partial charge in [-0.1, -0.05) is 84.0 Å². The summed E-state index contributed by atoms with van der Waals surface area (Å²) in [6, 6.07) is 1.36. The van der Waals surface area contributed by atoms with Gasteiger partial charge in [0.15, 0.2) is 0 Å². The van der Waals surface area contributed by atoms with Gasteiger partial charge in [0.05, 0.1) is 31.9 Å². The summed E-state index contributed by atoms with van der Waals surface area (Å²) < 4.78 is 0. The van der Waals surface area contributed by atoms with Crippen molar-refractivity contribution in [2.75, 3.05) is 50.3 Å². The number of fused-ring (bicyclic) bond motifs is 1. The Kier molecular flexibility index (Phi) is 36.3. The number of carbonyl (C=O) groups excluding carboxylic acids is 12. The number of aromatic amines is 1. The number of nitrogens with one attached hydrogen (secondary N) is 12. The molecular formula is C73H106N14O19S2. The number of nitrogens with zero attached hydrogens (tertiary/aromatic N) is 1. The average molecular weight is 1550 g/mol. The number of rotatable bonds is 44. The number of para-hydroxylation sites is 1. The van der Waals surface area contributed by atoms with E-state index in [9.17, 15) is 93.0 Å². The van der Waals surface area contributed by atoms with Gasteiger partial charge < -0.3 is 105 Å². The number of nitrogens with two attached hydrogens (primary N) is 1. The third kappa shape index (κ3) is 27.9. The second kappa shape index (κ2) is 44.1. The normalized spacial score (nSPS) is 16.1. The number of amides is 12. The Bertz CT molecular complexity index is 3710. The zero-order chi connectivity index (χ0) is 80.1. The van der Waals surface area contributed by atoms with Gasteiger partial charge in [0.2, 0.25) is 70.9 Å². The van der Waals surface area contributed by atoms with Gasteiger partial charge in [0.1, 0.15) is 78.0 Å². The van der Waals surface area contributed by atoms with Crippen molar-refractivity contribution < 1.29 is 93.0 Å². The highest BCUT2D eigenvalue weighted by atomic mass is 32.2. The molecule has 20 N–H and O–H groups in total. The summed E-state index contributed by atoms with van der Waals surface area (Å²) >= 11 is 2.60. The monoisotopic (exact) mass is 1550 g/mol. The van der Waals surface area contributed by atoms with Crippen LogP contribution in [-0.2, 0) is 81.6 Å². The Balaban J connectivity index is 1.28. The molecule has 594 valence electrons. The van der Waals surface area contributed by atoms with Crippen LogP contribution in [-0.4, -0.2) is 246 Å². The summed E-state index contributed by atoms with van der Waals surface area (Å²) in [5, 5.41) is 90.3. The maximum absolute atomic E-state index is 14.9. The molecule has 35 heteroatoms. The van der Waals surface area contributed by atoms with Crippen LogP contribution in [0.3, 0.4) is 0 Å². The van der Waals surface area contributed by atoms with E-state index < -0.39 is 181 Å². The SMILES string of the molecule is CSCC[C@H](NC(=O)CNC(=O)[C@@H]1CCCN1C(=O)[C@H](Cc1ccc(O)cc1)NC(=O)[C@H](CCSC)NC(=O)[C@@H](NC(=O)[C@H](CO)NC(=O)[C@H](Cc1ccc(O)cc1)NC(=O)[C@@H](N)CC(C)C)[C@@H](C)O)C(=O)N[C@@H](CO)C(=O)N[C@@H](Cc1c[nH]c2ccccc12)C(=O)N[C@@H](CC(C)C)C(=O)N[C@H](C(=O)O)C(C)C. The van der Waals surface area contributed by atoms with Crippen LogP contribution in [0.25, 0.3) is 10.9 Å². The molecule has 2 heterocycles. The second-order valence-electron chi connectivity index (χ2n) is 27.8. The number of H-pyrrole nitrogens is 1. The van der Waals surface area contributed by atoms with Gasteiger partial charge in [0.25, 0.3) is 0 Å². The molecule has 5 rings (SSSR count). The highest BCUT2D eigenvalue weighted by Gasteiger charge is 2.41. The number of aliphatic carboxylic acids is 1. The number of thioether (sulfide) groups is 2. The number of carboxylic acids is 1. The van der Waals surface area contributed by atoms with Crippen molar-refractivity contribution in [2.45, 2.75) is 185 Å². The minimum absolute atomic E-state index is 0.00284. The first kappa shape index (κ1) is 89.1. The third-order valence-electron chi connectivity index (χ3n) is 17.8. The van der Waals surface area contributed by atoms with Crippen LogP contribution in [0.4, 0.5) is 0 Å². The number of aliphatic hydroxyl groups is 3. The molecule has 0 radical (unpaired) electrons. The molecule has 0 aliphatic carbocycles. The van der Waals surface area contributed by atoms with Crippen molar-refractivity contribution in [2.24, 2.45) is 23.5 Å². The summed E-state index contributed by atoms with van der Waals surface area (Å²) in [5.41, 5.74) is 8.32. The van der Waals surface area contributed by atoms with Crippen LogP contribution in [0.15, 0.2) is 79.0 Å². The van der Waals surface area contributed by atoms with Gasteiger partial charge in [0, 0.05) is 42.9 Å². The maximum atomic E-state index is 14.9. The molecule has 1 aliphatic heterocycles. The molecule has 0 spiro atoms. The summed E-state index contributed by atoms with van der Waals surface area (Å²) in [6.07, 6.45) is 3.52. The lowest BCUT2D eigenvalue weighted by Crippen LogP contribution is -2.62. The predicted octanol–water partition coefficient (Wildman–Crippen LogP) is -1.41. The largest absolute Gasteiger partial charge is 0.508 e. The van der Waals surface area contributed by atoms with Crippen molar-refractivity contribution in [1.82, 2.24) is 68.4 Å². The number of phenols is 2. The fourth-order valence-corrected chi connectivity index (χ4v) is 12.9. The van der Waals surface area contributed by atoms with Gasteiger partial charge in [-0.3, -0.25) is 57.5 Å². The van der Waals surface area contributed by atoms with E-state index >= 15 is 0 Å². The zero-order valence-corrected chi connectivity index (χ0v) is 63.8. The third-order valence-corrected chi connectivity index (χ3v) is 19.1. The Hall–Kier alpha value is -9.55. The first-order valence-corrected chi connectivity index (χ1v) is 38.6. The number of hydrogen-bond donors (Lipinski definition) is 19. The van der Waals surface area contributed by atoms with Gasteiger partial charge in [-0.25, -0.2) is 4.79 Å². The molecule has 4 aromatic rings. The van der Waals surface area contributed by atoms with Crippen molar-refractivity contribution >= 4 is 111 Å². The Labute approximate surface area is 635 Å². The topological polar surface area (TPSA) is 521 Å². The molecule has 1 aliphatic rings. The van der Waals surface area contributed by atoms with Crippen molar-refractivity contribution in [3.8, 4) is 11.5 Å². The van der Waals surface area contributed by atoms with Gasteiger partial charge in [-0.2, -0.15) is 23.5 Å². The van der Waals surface area contributed by atoms with Crippen LogP contribution in [0.5, 0.6) is 11.5 Å². The highest BCUT2D eigenvalue weighted by molar-refractivity contribution is 7.98. The van der Waals surface area contributed by atoms with E-state index in [4.69, 9.17) is 5.73 Å². The molecule has 0 saturated carbocycles. The van der Waals surface area contributed by atoms with E-state index in [1.54, 1.807) is 70.7 Å². The molecule has 1 fully saturated rings. The Morgan fingerprint density at radius 1 is 0.528 bits per heavy atom. The quantitative estimate of drug-likeness (QED) is 0.0242. The Morgan fingerprint density at radius 2 is 0.972 bits per heavy atom. The number of carboxylic acid groups (broad SMARTS) is 1. The molecule has 33 nitrogen and oxygen atoms in total. The molecule has 108 heavy (non-hydrogen) atoms. The lowest BCUT2D eigenvalue weighted by Gasteiger charge is -2.30. The summed E-state index contributed by atoms with van der Waals surface area (Å²) in [4.78, 5) is 185. The number of aromatic nitrogens is 1. The van der Waals surface area contributed by atoms with E-state index in [1.165, 1.54) is 77.0 Å². The van der Waals surface area contributed by atoms with E-state index in [2.05, 4.69) is 63.5 Å². The second-order valence-corrected chi connectivity index (χ2v) is 29.8. The lowest BCUT2D eigenvalue weighted by atomic mass is 9.99. The lowest BCUT2D eigenvalue weighted by molar-refractivity contribution is -0.143. The fourth-order valence-electron chi connectivity index (χ4n) is 12.0. The number of hydrogen-bond acceptors (Lipinski definition) is 21. The molecule has 12 amide bonds. The number of aromatic hydroxyl groups is 2. The number of carbonyl (C=O) groups is 13. The van der Waals surface area contributed by atoms with Crippen molar-refractivity contribution in [3.05, 3.63) is 95.7 Å². The van der Waals surface area contributed by atoms with Gasteiger partial charge in [-0.15, -0.1) is 0 Å². The van der Waals surface area contributed by atoms with E-state index in [0.29, 0.717) is 27.6 Å².